The van der Waals surface area contributed by atoms with Crippen LogP contribution in [0.1, 0.15) is 23.2 Å². The lowest BCUT2D eigenvalue weighted by Gasteiger charge is -2.15. The summed E-state index contributed by atoms with van der Waals surface area (Å²) in [6.45, 7) is 0. The Hall–Kier alpha value is -3.09. The molecule has 5 nitrogen and oxygen atoms in total. The zero-order valence-electron chi connectivity index (χ0n) is 12.4. The molecular weight excluding hydrogens is 318 g/mol. The Morgan fingerprint density at radius 1 is 1.00 bits per heavy atom. The Labute approximate surface area is 135 Å². The molecule has 1 saturated heterocycles. The van der Waals surface area contributed by atoms with E-state index in [1.54, 1.807) is 0 Å². The molecule has 0 saturated carbocycles. The number of nitrogens with one attached hydrogen (secondary N) is 1. The Kier molecular flexibility index (Phi) is 4.07. The Morgan fingerprint density at radius 2 is 1.71 bits per heavy atom. The van der Waals surface area contributed by atoms with Gasteiger partial charge in [-0.2, -0.15) is 0 Å². The van der Waals surface area contributed by atoms with Crippen molar-refractivity contribution in [3.05, 3.63) is 59.7 Å². The molecule has 0 aliphatic carbocycles. The van der Waals surface area contributed by atoms with Gasteiger partial charge in [-0.15, -0.1) is 0 Å². The van der Waals surface area contributed by atoms with Crippen LogP contribution in [0.3, 0.4) is 0 Å². The molecule has 0 bridgehead atoms. The van der Waals surface area contributed by atoms with Crippen molar-refractivity contribution in [3.63, 3.8) is 0 Å². The summed E-state index contributed by atoms with van der Waals surface area (Å²) in [6, 6.07) is 8.55. The van der Waals surface area contributed by atoms with E-state index >= 15 is 0 Å². The summed E-state index contributed by atoms with van der Waals surface area (Å²) in [7, 11) is 0. The van der Waals surface area contributed by atoms with E-state index in [1.807, 2.05) is 0 Å². The van der Waals surface area contributed by atoms with Crippen molar-refractivity contribution in [2.75, 3.05) is 10.2 Å². The fourth-order valence-corrected chi connectivity index (χ4v) is 2.44. The molecule has 2 aromatic carbocycles. The maximum Gasteiger partial charge on any atom is 0.255 e. The minimum atomic E-state index is -0.772. The van der Waals surface area contributed by atoms with Gasteiger partial charge in [-0.1, -0.05) is 6.07 Å². The van der Waals surface area contributed by atoms with Crippen LogP contribution in [-0.2, 0) is 9.59 Å². The lowest BCUT2D eigenvalue weighted by atomic mass is 10.1. The summed E-state index contributed by atoms with van der Waals surface area (Å²) in [5.74, 6) is -2.82. The molecule has 1 N–H and O–H groups in total. The van der Waals surface area contributed by atoms with Gasteiger partial charge in [0.1, 0.15) is 11.6 Å². The van der Waals surface area contributed by atoms with Crippen LogP contribution in [0.25, 0.3) is 0 Å². The molecule has 122 valence electrons. The summed E-state index contributed by atoms with van der Waals surface area (Å²) in [4.78, 5) is 36.7. The molecule has 0 radical (unpaired) electrons. The highest BCUT2D eigenvalue weighted by Crippen LogP contribution is 2.24. The van der Waals surface area contributed by atoms with Crippen LogP contribution in [0.2, 0.25) is 0 Å². The molecular formula is C17H12F2N2O3. The standard InChI is InChI=1S/C17H12F2N2O3/c18-11-4-5-13(19)14(9-11)20-17(24)10-2-1-3-12(8-10)21-15(22)6-7-16(21)23/h1-5,8-9H,6-7H2,(H,20,24). The summed E-state index contributed by atoms with van der Waals surface area (Å²) < 4.78 is 26.7. The van der Waals surface area contributed by atoms with Gasteiger partial charge in [0, 0.05) is 24.5 Å². The third-order valence-electron chi connectivity index (χ3n) is 3.59. The van der Waals surface area contributed by atoms with E-state index in [9.17, 15) is 23.2 Å². The summed E-state index contributed by atoms with van der Waals surface area (Å²) in [5, 5.41) is 2.27. The second-order valence-corrected chi connectivity index (χ2v) is 5.25. The van der Waals surface area contributed by atoms with Gasteiger partial charge in [0.25, 0.3) is 5.91 Å². The molecule has 0 spiro atoms. The van der Waals surface area contributed by atoms with Gasteiger partial charge in [0.05, 0.1) is 11.4 Å². The van der Waals surface area contributed by atoms with E-state index in [0.717, 1.165) is 23.1 Å². The average molecular weight is 330 g/mol. The maximum absolute atomic E-state index is 13.6. The molecule has 0 aromatic heterocycles. The molecule has 0 atom stereocenters. The maximum atomic E-state index is 13.6. The third-order valence-corrected chi connectivity index (χ3v) is 3.59. The first-order valence-electron chi connectivity index (χ1n) is 7.18. The number of hydrogen-bond acceptors (Lipinski definition) is 3. The molecule has 1 fully saturated rings. The van der Waals surface area contributed by atoms with Crippen LogP contribution in [-0.4, -0.2) is 17.7 Å². The van der Waals surface area contributed by atoms with Crippen LogP contribution in [0, 0.1) is 11.6 Å². The van der Waals surface area contributed by atoms with Gasteiger partial charge < -0.3 is 5.32 Å². The van der Waals surface area contributed by atoms with Gasteiger partial charge >= 0.3 is 0 Å². The number of nitrogens with zero attached hydrogens (tertiary/aromatic N) is 1. The van der Waals surface area contributed by atoms with Crippen molar-refractivity contribution in [3.8, 4) is 0 Å². The number of carbonyl (C=O) groups excluding carboxylic acids is 3. The van der Waals surface area contributed by atoms with Gasteiger partial charge in [-0.05, 0) is 30.3 Å². The Morgan fingerprint density at radius 3 is 2.42 bits per heavy atom. The highest BCUT2D eigenvalue weighted by atomic mass is 19.1. The SMILES string of the molecule is O=C(Nc1cc(F)ccc1F)c1cccc(N2C(=O)CCC2=O)c1. The number of halogens is 2. The lowest BCUT2D eigenvalue weighted by Crippen LogP contribution is -2.28. The quantitative estimate of drug-likeness (QED) is 0.880. The summed E-state index contributed by atoms with van der Waals surface area (Å²) in [5.41, 5.74) is 0.0947. The van der Waals surface area contributed by atoms with E-state index in [1.165, 1.54) is 24.3 Å². The lowest BCUT2D eigenvalue weighted by molar-refractivity contribution is -0.121. The van der Waals surface area contributed by atoms with Crippen LogP contribution in [0.5, 0.6) is 0 Å². The van der Waals surface area contributed by atoms with Crippen molar-refractivity contribution >= 4 is 29.1 Å². The minimum absolute atomic E-state index is 0.115. The van der Waals surface area contributed by atoms with Crippen molar-refractivity contribution in [2.24, 2.45) is 0 Å². The van der Waals surface area contributed by atoms with Crippen molar-refractivity contribution in [2.45, 2.75) is 12.8 Å². The Balaban J connectivity index is 1.86. The van der Waals surface area contributed by atoms with E-state index in [-0.39, 0.29) is 41.6 Å². The molecule has 24 heavy (non-hydrogen) atoms. The molecule has 3 rings (SSSR count). The third kappa shape index (κ3) is 3.01. The van der Waals surface area contributed by atoms with E-state index < -0.39 is 17.5 Å². The summed E-state index contributed by atoms with van der Waals surface area (Å²) in [6.07, 6.45) is 0.257. The van der Waals surface area contributed by atoms with E-state index in [0.29, 0.717) is 0 Å². The first-order chi connectivity index (χ1) is 11.5. The van der Waals surface area contributed by atoms with Crippen LogP contribution < -0.4 is 10.2 Å². The van der Waals surface area contributed by atoms with Crippen LogP contribution >= 0.6 is 0 Å². The van der Waals surface area contributed by atoms with Crippen molar-refractivity contribution < 1.29 is 23.2 Å². The van der Waals surface area contributed by atoms with Crippen molar-refractivity contribution in [1.29, 1.82) is 0 Å². The molecule has 3 amide bonds. The second-order valence-electron chi connectivity index (χ2n) is 5.25. The largest absolute Gasteiger partial charge is 0.319 e. The number of hydrogen-bond donors (Lipinski definition) is 1. The first-order valence-corrected chi connectivity index (χ1v) is 7.18. The van der Waals surface area contributed by atoms with Crippen molar-refractivity contribution in [1.82, 2.24) is 0 Å². The van der Waals surface area contributed by atoms with Gasteiger partial charge in [-0.3, -0.25) is 19.3 Å². The topological polar surface area (TPSA) is 66.5 Å². The molecule has 1 aliphatic heterocycles. The zero-order chi connectivity index (χ0) is 17.3. The molecule has 7 heteroatoms. The van der Waals surface area contributed by atoms with Gasteiger partial charge in [0.15, 0.2) is 0 Å². The normalized spacial score (nSPS) is 14.2. The molecule has 0 unspecified atom stereocenters. The number of amides is 3. The first kappa shape index (κ1) is 15.8. The van der Waals surface area contributed by atoms with E-state index in [4.69, 9.17) is 0 Å². The minimum Gasteiger partial charge on any atom is -0.319 e. The highest BCUT2D eigenvalue weighted by molar-refractivity contribution is 6.20. The smallest absolute Gasteiger partial charge is 0.255 e. The second kappa shape index (κ2) is 6.19. The number of anilines is 2. The molecule has 2 aromatic rings. The highest BCUT2D eigenvalue weighted by Gasteiger charge is 2.30. The monoisotopic (exact) mass is 330 g/mol. The molecule has 1 aliphatic rings. The predicted molar refractivity (Wildman–Crippen MR) is 82.5 cm³/mol. The molecule has 1 heterocycles. The fourth-order valence-electron chi connectivity index (χ4n) is 2.44. The van der Waals surface area contributed by atoms with Crippen LogP contribution in [0.4, 0.5) is 20.2 Å². The Bertz CT molecular complexity index is 835. The summed E-state index contributed by atoms with van der Waals surface area (Å²) >= 11 is 0. The number of imide groups is 1. The number of rotatable bonds is 3. The van der Waals surface area contributed by atoms with E-state index in [2.05, 4.69) is 5.32 Å². The number of benzene rings is 2. The fraction of sp³-hybridized carbons (Fsp3) is 0.118. The zero-order valence-corrected chi connectivity index (χ0v) is 12.4. The predicted octanol–water partition coefficient (Wildman–Crippen LogP) is 2.87. The average Bonchev–Trinajstić information content (AvgIpc) is 2.90. The number of carbonyl (C=O) groups is 3. The van der Waals surface area contributed by atoms with Crippen LogP contribution in [0.15, 0.2) is 42.5 Å². The van der Waals surface area contributed by atoms with Gasteiger partial charge in [-0.25, -0.2) is 8.78 Å². The van der Waals surface area contributed by atoms with Gasteiger partial charge in [0.2, 0.25) is 11.8 Å².